The van der Waals surface area contributed by atoms with Crippen molar-refractivity contribution in [1.29, 1.82) is 0 Å². The van der Waals surface area contributed by atoms with E-state index in [1.807, 2.05) is 31.2 Å². The lowest BCUT2D eigenvalue weighted by atomic mass is 10.1. The molecular weight excluding hydrogens is 275 g/mol. The van der Waals surface area contributed by atoms with Crippen LogP contribution in [0.2, 0.25) is 9.36 Å². The standard InChI is InChI=1S/C13H10Cl2OS/c1-8-5-12(17-13(8)15)11(16)7-9-3-2-4-10(14)6-9/h2-6H,7H2,1H3. The topological polar surface area (TPSA) is 17.1 Å². The SMILES string of the molecule is Cc1cc(C(=O)Cc2cccc(Cl)c2)sc1Cl. The van der Waals surface area contributed by atoms with Gasteiger partial charge in [-0.3, -0.25) is 4.79 Å². The Bertz CT molecular complexity index is 541. The third-order valence-corrected chi connectivity index (χ3v) is 4.22. The van der Waals surface area contributed by atoms with Crippen molar-refractivity contribution in [1.82, 2.24) is 0 Å². The van der Waals surface area contributed by atoms with E-state index in [1.165, 1.54) is 11.3 Å². The minimum Gasteiger partial charge on any atom is -0.293 e. The lowest BCUT2D eigenvalue weighted by molar-refractivity contribution is 0.0997. The molecule has 4 heteroatoms. The van der Waals surface area contributed by atoms with Gasteiger partial charge in [-0.05, 0) is 36.2 Å². The summed E-state index contributed by atoms with van der Waals surface area (Å²) in [7, 11) is 0. The van der Waals surface area contributed by atoms with E-state index in [1.54, 1.807) is 6.07 Å². The average molecular weight is 285 g/mol. The van der Waals surface area contributed by atoms with Crippen molar-refractivity contribution in [3.05, 3.63) is 55.7 Å². The second kappa shape index (κ2) is 5.21. The molecule has 0 aliphatic carbocycles. The van der Waals surface area contributed by atoms with Gasteiger partial charge in [0.05, 0.1) is 9.21 Å². The van der Waals surface area contributed by atoms with Crippen molar-refractivity contribution in [3.63, 3.8) is 0 Å². The Balaban J connectivity index is 2.17. The molecule has 0 amide bonds. The minimum absolute atomic E-state index is 0.0762. The number of benzene rings is 1. The molecule has 0 spiro atoms. The lowest BCUT2D eigenvalue weighted by Crippen LogP contribution is -2.00. The van der Waals surface area contributed by atoms with Gasteiger partial charge >= 0.3 is 0 Å². The summed E-state index contributed by atoms with van der Waals surface area (Å²) < 4.78 is 0.680. The van der Waals surface area contributed by atoms with Crippen LogP contribution in [0.15, 0.2) is 30.3 Å². The van der Waals surface area contributed by atoms with Crippen LogP contribution in [0.1, 0.15) is 20.8 Å². The summed E-state index contributed by atoms with van der Waals surface area (Å²) in [5.41, 5.74) is 1.87. The van der Waals surface area contributed by atoms with Crippen LogP contribution in [-0.4, -0.2) is 5.78 Å². The molecule has 0 fully saturated rings. The minimum atomic E-state index is 0.0762. The van der Waals surface area contributed by atoms with E-state index in [4.69, 9.17) is 23.2 Å². The van der Waals surface area contributed by atoms with Crippen LogP contribution in [0.4, 0.5) is 0 Å². The van der Waals surface area contributed by atoms with Gasteiger partial charge < -0.3 is 0 Å². The molecule has 0 bridgehead atoms. The molecule has 0 aliphatic rings. The van der Waals surface area contributed by atoms with Gasteiger partial charge in [0.25, 0.3) is 0 Å². The number of carbonyl (C=O) groups is 1. The van der Waals surface area contributed by atoms with Crippen LogP contribution in [0.25, 0.3) is 0 Å². The van der Waals surface area contributed by atoms with Crippen molar-refractivity contribution in [3.8, 4) is 0 Å². The van der Waals surface area contributed by atoms with E-state index >= 15 is 0 Å². The number of hydrogen-bond acceptors (Lipinski definition) is 2. The van der Waals surface area contributed by atoms with Crippen molar-refractivity contribution < 1.29 is 4.79 Å². The first-order valence-corrected chi connectivity index (χ1v) is 6.67. The molecule has 1 heterocycles. The van der Waals surface area contributed by atoms with Gasteiger partial charge in [-0.2, -0.15) is 0 Å². The Morgan fingerprint density at radius 2 is 2.06 bits per heavy atom. The van der Waals surface area contributed by atoms with E-state index in [2.05, 4.69) is 0 Å². The smallest absolute Gasteiger partial charge is 0.177 e. The summed E-state index contributed by atoms with van der Waals surface area (Å²) in [6, 6.07) is 9.17. The van der Waals surface area contributed by atoms with Crippen LogP contribution < -0.4 is 0 Å². The van der Waals surface area contributed by atoms with Crippen LogP contribution in [0, 0.1) is 6.92 Å². The maximum Gasteiger partial charge on any atom is 0.177 e. The Kier molecular flexibility index (Phi) is 3.87. The number of aryl methyl sites for hydroxylation is 1. The number of carbonyl (C=O) groups excluding carboxylic acids is 1. The highest BCUT2D eigenvalue weighted by Gasteiger charge is 2.12. The normalized spacial score (nSPS) is 10.5. The molecule has 2 rings (SSSR count). The largest absolute Gasteiger partial charge is 0.293 e. The number of halogens is 2. The van der Waals surface area contributed by atoms with E-state index in [-0.39, 0.29) is 5.78 Å². The summed E-state index contributed by atoms with van der Waals surface area (Å²) >= 11 is 13.1. The molecule has 1 nitrogen and oxygen atoms in total. The fourth-order valence-electron chi connectivity index (χ4n) is 1.52. The fourth-order valence-corrected chi connectivity index (χ4v) is 2.87. The Labute approximate surface area is 114 Å². The van der Waals surface area contributed by atoms with Gasteiger partial charge in [-0.15, -0.1) is 11.3 Å². The predicted molar refractivity (Wildman–Crippen MR) is 73.6 cm³/mol. The number of thiophene rings is 1. The molecule has 0 saturated heterocycles. The summed E-state index contributed by atoms with van der Waals surface area (Å²) in [6.07, 6.45) is 0.358. The molecule has 0 aliphatic heterocycles. The molecule has 88 valence electrons. The summed E-state index contributed by atoms with van der Waals surface area (Å²) in [5, 5.41) is 0.649. The van der Waals surface area contributed by atoms with Gasteiger partial charge in [-0.1, -0.05) is 35.3 Å². The van der Waals surface area contributed by atoms with Crippen molar-refractivity contribution in [2.45, 2.75) is 13.3 Å². The second-order valence-electron chi connectivity index (χ2n) is 3.80. The molecule has 0 unspecified atom stereocenters. The molecular formula is C13H10Cl2OS. The number of ketones is 1. The number of Topliss-reactive ketones (excluding diaryl/α,β-unsaturated/α-hetero) is 1. The first kappa shape index (κ1) is 12.6. The van der Waals surface area contributed by atoms with Crippen LogP contribution in [-0.2, 0) is 6.42 Å². The Hall–Kier alpha value is -0.830. The highest BCUT2D eigenvalue weighted by atomic mass is 35.5. The van der Waals surface area contributed by atoms with Crippen LogP contribution in [0.3, 0.4) is 0 Å². The third-order valence-electron chi connectivity index (χ3n) is 2.39. The highest BCUT2D eigenvalue weighted by Crippen LogP contribution is 2.27. The van der Waals surface area contributed by atoms with E-state index in [0.29, 0.717) is 20.7 Å². The van der Waals surface area contributed by atoms with Gasteiger partial charge in [0, 0.05) is 11.4 Å². The van der Waals surface area contributed by atoms with Crippen LogP contribution >= 0.6 is 34.5 Å². The van der Waals surface area contributed by atoms with Gasteiger partial charge in [-0.25, -0.2) is 0 Å². The van der Waals surface area contributed by atoms with Crippen molar-refractivity contribution in [2.24, 2.45) is 0 Å². The second-order valence-corrected chi connectivity index (χ2v) is 5.89. The third kappa shape index (κ3) is 3.09. The highest BCUT2D eigenvalue weighted by molar-refractivity contribution is 7.18. The maximum absolute atomic E-state index is 12.0. The number of hydrogen-bond donors (Lipinski definition) is 0. The maximum atomic E-state index is 12.0. The molecule has 1 aromatic carbocycles. The van der Waals surface area contributed by atoms with E-state index in [9.17, 15) is 4.79 Å². The molecule has 0 atom stereocenters. The Morgan fingerprint density at radius 3 is 2.65 bits per heavy atom. The zero-order chi connectivity index (χ0) is 12.4. The monoisotopic (exact) mass is 284 g/mol. The Morgan fingerprint density at radius 1 is 1.29 bits per heavy atom. The average Bonchev–Trinajstić information content (AvgIpc) is 2.59. The van der Waals surface area contributed by atoms with Gasteiger partial charge in [0.1, 0.15) is 0 Å². The molecule has 0 saturated carbocycles. The summed E-state index contributed by atoms with van der Waals surface area (Å²) in [6.45, 7) is 1.90. The van der Waals surface area contributed by atoms with Crippen molar-refractivity contribution >= 4 is 40.3 Å². The molecule has 2 aromatic rings. The quantitative estimate of drug-likeness (QED) is 0.741. The van der Waals surface area contributed by atoms with E-state index in [0.717, 1.165) is 11.1 Å². The summed E-state index contributed by atoms with van der Waals surface area (Å²) in [5.74, 6) is 0.0762. The van der Waals surface area contributed by atoms with E-state index < -0.39 is 0 Å². The lowest BCUT2D eigenvalue weighted by Gasteiger charge is -1.99. The van der Waals surface area contributed by atoms with Gasteiger partial charge in [0.15, 0.2) is 5.78 Å². The van der Waals surface area contributed by atoms with Gasteiger partial charge in [0.2, 0.25) is 0 Å². The first-order valence-electron chi connectivity index (χ1n) is 5.10. The molecule has 0 radical (unpaired) electrons. The van der Waals surface area contributed by atoms with Crippen molar-refractivity contribution in [2.75, 3.05) is 0 Å². The number of rotatable bonds is 3. The first-order chi connectivity index (χ1) is 8.06. The zero-order valence-electron chi connectivity index (χ0n) is 9.17. The zero-order valence-corrected chi connectivity index (χ0v) is 11.5. The summed E-state index contributed by atoms with van der Waals surface area (Å²) in [4.78, 5) is 12.7. The fraction of sp³-hybridized carbons (Fsp3) is 0.154. The molecule has 0 N–H and O–H groups in total. The predicted octanol–water partition coefficient (Wildman–Crippen LogP) is 4.79. The van der Waals surface area contributed by atoms with Crippen LogP contribution in [0.5, 0.6) is 0 Å². The molecule has 17 heavy (non-hydrogen) atoms. The molecule has 1 aromatic heterocycles.